The lowest BCUT2D eigenvalue weighted by Crippen LogP contribution is -2.22. The minimum Gasteiger partial charge on any atom is -0.465 e. The number of methoxy groups -OCH3 is 1. The van der Waals surface area contributed by atoms with Gasteiger partial charge in [0.05, 0.1) is 34.6 Å². The van der Waals surface area contributed by atoms with Crippen LogP contribution in [0, 0.1) is 13.8 Å². The maximum Gasteiger partial charge on any atom is 0.337 e. The molecule has 1 amide bonds. The molecule has 0 aliphatic carbocycles. The molecule has 3 aromatic carbocycles. The van der Waals surface area contributed by atoms with Gasteiger partial charge in [-0.2, -0.15) is 5.10 Å². The average molecular weight is 514 g/mol. The molecule has 0 spiro atoms. The van der Waals surface area contributed by atoms with E-state index in [1.807, 2.05) is 74.0 Å². The predicted octanol–water partition coefficient (Wildman–Crippen LogP) is 6.23. The normalized spacial score (nSPS) is 16.9. The van der Waals surface area contributed by atoms with Crippen molar-refractivity contribution in [3.8, 4) is 17.2 Å². The molecule has 0 saturated heterocycles. The van der Waals surface area contributed by atoms with Gasteiger partial charge in [-0.25, -0.2) is 9.48 Å². The van der Waals surface area contributed by atoms with Gasteiger partial charge in [-0.1, -0.05) is 30.3 Å². The van der Waals surface area contributed by atoms with Crippen molar-refractivity contribution in [2.45, 2.75) is 31.3 Å². The van der Waals surface area contributed by atoms with Gasteiger partial charge in [0.15, 0.2) is 0 Å². The second-order valence-electron chi connectivity index (χ2n) is 8.88. The van der Waals surface area contributed by atoms with Crippen molar-refractivity contribution in [2.24, 2.45) is 0 Å². The van der Waals surface area contributed by atoms with E-state index in [0.29, 0.717) is 22.9 Å². The number of thioether (sulfide) groups is 1. The van der Waals surface area contributed by atoms with Crippen LogP contribution >= 0.6 is 11.8 Å². The first kappa shape index (κ1) is 24.6. The largest absolute Gasteiger partial charge is 0.465 e. The molecule has 1 aromatic heterocycles. The highest BCUT2D eigenvalue weighted by Crippen LogP contribution is 2.46. The van der Waals surface area contributed by atoms with Gasteiger partial charge in [0.2, 0.25) is 5.91 Å². The summed E-state index contributed by atoms with van der Waals surface area (Å²) in [7, 11) is 1.35. The average Bonchev–Trinajstić information content (AvgIpc) is 3.15. The van der Waals surface area contributed by atoms with Crippen LogP contribution in [0.2, 0.25) is 0 Å². The maximum absolute atomic E-state index is 13.0. The summed E-state index contributed by atoms with van der Waals surface area (Å²) in [6, 6.07) is 22.7. The molecule has 188 valence electrons. The molecule has 5 rings (SSSR count). The minimum absolute atomic E-state index is 0.0427. The number of carbonyl (C=O) groups is 2. The van der Waals surface area contributed by atoms with Gasteiger partial charge in [-0.3, -0.25) is 4.79 Å². The number of rotatable bonds is 5. The van der Waals surface area contributed by atoms with E-state index in [0.717, 1.165) is 28.1 Å². The van der Waals surface area contributed by atoms with Crippen molar-refractivity contribution < 1.29 is 19.1 Å². The van der Waals surface area contributed by atoms with Crippen molar-refractivity contribution in [3.05, 3.63) is 101 Å². The first-order valence-electron chi connectivity index (χ1n) is 11.9. The Bertz CT molecular complexity index is 1460. The van der Waals surface area contributed by atoms with Gasteiger partial charge in [0.25, 0.3) is 0 Å². The smallest absolute Gasteiger partial charge is 0.337 e. The van der Waals surface area contributed by atoms with E-state index in [4.69, 9.17) is 14.6 Å². The molecular formula is C29H27N3O4S. The standard InChI is InChI=1S/C29H27N3O4S/c1-17-7-5-6-8-24(17)32-27-25(18(2)31-32)26(37-19(3)28(33)30-27)20-9-13-22(14-10-20)36-23-15-11-21(12-16-23)29(34)35-4/h5-16,19,26H,1-4H3,(H,30,33)/t19-,26+/m0/s1. The third kappa shape index (κ3) is 4.84. The highest BCUT2D eigenvalue weighted by molar-refractivity contribution is 8.01. The first-order valence-corrected chi connectivity index (χ1v) is 12.9. The molecule has 1 aliphatic heterocycles. The predicted molar refractivity (Wildman–Crippen MR) is 145 cm³/mol. The van der Waals surface area contributed by atoms with E-state index in [9.17, 15) is 9.59 Å². The Kier molecular flexibility index (Phi) is 6.76. The number of aryl methyl sites for hydroxylation is 2. The summed E-state index contributed by atoms with van der Waals surface area (Å²) < 4.78 is 12.6. The number of carbonyl (C=O) groups excluding carboxylic acids is 2. The van der Waals surface area contributed by atoms with E-state index in [-0.39, 0.29) is 22.4 Å². The topological polar surface area (TPSA) is 82.4 Å². The molecule has 1 N–H and O–H groups in total. The zero-order valence-electron chi connectivity index (χ0n) is 21.0. The maximum atomic E-state index is 13.0. The number of ether oxygens (including phenoxy) is 2. The summed E-state index contributed by atoms with van der Waals surface area (Å²) in [5.74, 6) is 1.57. The molecule has 0 radical (unpaired) electrons. The number of fused-ring (bicyclic) bond motifs is 1. The van der Waals surface area contributed by atoms with E-state index in [2.05, 4.69) is 5.32 Å². The van der Waals surface area contributed by atoms with Crippen LogP contribution in [0.15, 0.2) is 72.8 Å². The van der Waals surface area contributed by atoms with Crippen molar-refractivity contribution in [3.63, 3.8) is 0 Å². The van der Waals surface area contributed by atoms with Crippen LogP contribution in [0.25, 0.3) is 5.69 Å². The third-order valence-corrected chi connectivity index (χ3v) is 7.76. The van der Waals surface area contributed by atoms with Crippen LogP contribution in [0.3, 0.4) is 0 Å². The van der Waals surface area contributed by atoms with Gasteiger partial charge in [0.1, 0.15) is 17.3 Å². The zero-order chi connectivity index (χ0) is 26.1. The molecule has 1 aliphatic rings. The quantitative estimate of drug-likeness (QED) is 0.319. The molecule has 2 heterocycles. The number of para-hydroxylation sites is 1. The number of anilines is 1. The van der Waals surface area contributed by atoms with Crippen LogP contribution in [-0.4, -0.2) is 34.0 Å². The number of nitrogens with one attached hydrogen (secondary N) is 1. The van der Waals surface area contributed by atoms with E-state index in [1.54, 1.807) is 36.0 Å². The lowest BCUT2D eigenvalue weighted by molar-refractivity contribution is -0.115. The Morgan fingerprint density at radius 3 is 2.27 bits per heavy atom. The van der Waals surface area contributed by atoms with E-state index in [1.165, 1.54) is 7.11 Å². The first-order chi connectivity index (χ1) is 17.9. The number of amides is 1. The fourth-order valence-electron chi connectivity index (χ4n) is 4.37. The van der Waals surface area contributed by atoms with Crippen LogP contribution in [0.5, 0.6) is 11.5 Å². The SMILES string of the molecule is COC(=O)c1ccc(Oc2ccc([C@H]3S[C@@H](C)C(=O)Nc4c3c(C)nn4-c3ccccc3C)cc2)cc1. The molecule has 4 aromatic rings. The Morgan fingerprint density at radius 1 is 0.973 bits per heavy atom. The number of esters is 1. The Hall–Kier alpha value is -4.04. The van der Waals surface area contributed by atoms with Crippen LogP contribution in [-0.2, 0) is 9.53 Å². The minimum atomic E-state index is -0.389. The Labute approximate surface area is 219 Å². The third-order valence-electron chi connectivity index (χ3n) is 6.36. The highest BCUT2D eigenvalue weighted by Gasteiger charge is 2.34. The molecule has 37 heavy (non-hydrogen) atoms. The number of aromatic nitrogens is 2. The van der Waals surface area contributed by atoms with Crippen molar-refractivity contribution in [1.82, 2.24) is 9.78 Å². The van der Waals surface area contributed by atoms with Crippen molar-refractivity contribution in [2.75, 3.05) is 12.4 Å². The number of hydrogen-bond acceptors (Lipinski definition) is 6. The van der Waals surface area contributed by atoms with E-state index >= 15 is 0 Å². The van der Waals surface area contributed by atoms with Gasteiger partial charge in [0, 0.05) is 5.56 Å². The summed E-state index contributed by atoms with van der Waals surface area (Å²) in [5.41, 5.74) is 5.40. The Balaban J connectivity index is 1.46. The molecule has 2 atom stereocenters. The summed E-state index contributed by atoms with van der Waals surface area (Å²) in [6.07, 6.45) is 0. The van der Waals surface area contributed by atoms with Gasteiger partial charge < -0.3 is 14.8 Å². The van der Waals surface area contributed by atoms with Gasteiger partial charge in [-0.15, -0.1) is 11.8 Å². The second-order valence-corrected chi connectivity index (χ2v) is 10.3. The molecule has 7 nitrogen and oxygen atoms in total. The highest BCUT2D eigenvalue weighted by atomic mass is 32.2. The van der Waals surface area contributed by atoms with Crippen LogP contribution < -0.4 is 10.1 Å². The molecule has 0 fully saturated rings. The summed E-state index contributed by atoms with van der Waals surface area (Å²) in [5, 5.41) is 7.63. The lowest BCUT2D eigenvalue weighted by atomic mass is 10.0. The van der Waals surface area contributed by atoms with Gasteiger partial charge in [-0.05, 0) is 74.4 Å². The summed E-state index contributed by atoms with van der Waals surface area (Å²) in [4.78, 5) is 24.6. The lowest BCUT2D eigenvalue weighted by Gasteiger charge is -2.18. The van der Waals surface area contributed by atoms with Crippen LogP contribution in [0.4, 0.5) is 5.82 Å². The number of nitrogens with zero attached hydrogens (tertiary/aromatic N) is 2. The van der Waals surface area contributed by atoms with Crippen LogP contribution in [0.1, 0.15) is 44.9 Å². The second kappa shape index (κ2) is 10.1. The van der Waals surface area contributed by atoms with Crippen molar-refractivity contribution in [1.29, 1.82) is 0 Å². The number of benzene rings is 3. The molecular weight excluding hydrogens is 486 g/mol. The number of hydrogen-bond donors (Lipinski definition) is 1. The van der Waals surface area contributed by atoms with Crippen molar-refractivity contribution >= 4 is 29.5 Å². The molecule has 8 heteroatoms. The van der Waals surface area contributed by atoms with Gasteiger partial charge >= 0.3 is 5.97 Å². The zero-order valence-corrected chi connectivity index (χ0v) is 21.8. The fourth-order valence-corrected chi connectivity index (χ4v) is 5.69. The fraction of sp³-hybridized carbons (Fsp3) is 0.207. The van der Waals surface area contributed by atoms with E-state index < -0.39 is 0 Å². The summed E-state index contributed by atoms with van der Waals surface area (Å²) in [6.45, 7) is 5.95. The Morgan fingerprint density at radius 2 is 1.62 bits per heavy atom. The summed E-state index contributed by atoms with van der Waals surface area (Å²) >= 11 is 1.60. The molecule has 0 unspecified atom stereocenters. The molecule has 0 bridgehead atoms. The molecule has 0 saturated carbocycles. The monoisotopic (exact) mass is 513 g/mol.